The Morgan fingerprint density at radius 2 is 1.82 bits per heavy atom. The van der Waals surface area contributed by atoms with Crippen molar-refractivity contribution < 1.29 is 13.9 Å². The zero-order chi connectivity index (χ0) is 24.1. The minimum absolute atomic E-state index is 0.0801. The van der Waals surface area contributed by atoms with Crippen LogP contribution in [-0.2, 0) is 16.1 Å². The van der Waals surface area contributed by atoms with Gasteiger partial charge in [-0.1, -0.05) is 59.6 Å². The largest absolute Gasteiger partial charge is 0.383 e. The van der Waals surface area contributed by atoms with Gasteiger partial charge < -0.3 is 14.6 Å². The van der Waals surface area contributed by atoms with Crippen molar-refractivity contribution >= 4 is 40.0 Å². The lowest BCUT2D eigenvalue weighted by Crippen LogP contribution is -2.28. The highest BCUT2D eigenvalue weighted by Gasteiger charge is 2.23. The van der Waals surface area contributed by atoms with Crippen LogP contribution in [0, 0.1) is 5.82 Å². The lowest BCUT2D eigenvalue weighted by molar-refractivity contribution is -0.121. The summed E-state index contributed by atoms with van der Waals surface area (Å²) in [4.78, 5) is 12.8. The number of nitrogens with zero attached hydrogens (tertiary/aromatic N) is 1. The average Bonchev–Trinajstić information content (AvgIpc) is 3.19. The minimum atomic E-state index is -0.263. The molecule has 4 rings (SSSR count). The van der Waals surface area contributed by atoms with Crippen molar-refractivity contribution in [2.45, 2.75) is 18.9 Å². The van der Waals surface area contributed by atoms with Gasteiger partial charge in [-0.15, -0.1) is 0 Å². The van der Waals surface area contributed by atoms with Crippen molar-refractivity contribution in [3.8, 4) is 0 Å². The van der Waals surface area contributed by atoms with Gasteiger partial charge in [-0.25, -0.2) is 4.39 Å². The van der Waals surface area contributed by atoms with Gasteiger partial charge in [0.15, 0.2) is 0 Å². The van der Waals surface area contributed by atoms with Gasteiger partial charge in [0.05, 0.1) is 16.7 Å². The number of methoxy groups -OCH3 is 1. The number of hydrogen-bond donors (Lipinski definition) is 1. The quantitative estimate of drug-likeness (QED) is 0.270. The van der Waals surface area contributed by atoms with Crippen molar-refractivity contribution in [2.75, 3.05) is 20.3 Å². The van der Waals surface area contributed by atoms with Crippen LogP contribution in [0.15, 0.2) is 72.9 Å². The van der Waals surface area contributed by atoms with Gasteiger partial charge in [0.25, 0.3) is 0 Å². The van der Waals surface area contributed by atoms with Gasteiger partial charge in [0.1, 0.15) is 5.82 Å². The molecule has 1 unspecified atom stereocenters. The third-order valence-corrected chi connectivity index (χ3v) is 6.56. The first kappa shape index (κ1) is 24.3. The zero-order valence-corrected chi connectivity index (χ0v) is 20.2. The van der Waals surface area contributed by atoms with E-state index < -0.39 is 0 Å². The molecule has 1 aromatic heterocycles. The Kier molecular flexibility index (Phi) is 7.88. The molecule has 4 nitrogen and oxygen atoms in total. The summed E-state index contributed by atoms with van der Waals surface area (Å²) < 4.78 is 20.6. The molecule has 0 aliphatic carbocycles. The number of para-hydroxylation sites is 1. The summed E-state index contributed by atoms with van der Waals surface area (Å²) in [6, 6.07) is 20.1. The number of amides is 1. The molecular formula is C27H25Cl2FN2O2. The third kappa shape index (κ3) is 5.61. The number of carbonyl (C=O) groups is 1. The molecule has 0 saturated heterocycles. The number of aromatic nitrogens is 1. The van der Waals surface area contributed by atoms with E-state index in [1.165, 1.54) is 12.1 Å². The molecule has 1 amide bonds. The summed E-state index contributed by atoms with van der Waals surface area (Å²) in [5.74, 6) is -0.582. The van der Waals surface area contributed by atoms with E-state index >= 15 is 0 Å². The first-order valence-corrected chi connectivity index (χ1v) is 11.7. The Balaban J connectivity index is 1.76. The van der Waals surface area contributed by atoms with E-state index in [9.17, 15) is 9.18 Å². The van der Waals surface area contributed by atoms with Crippen LogP contribution >= 0.6 is 23.2 Å². The van der Waals surface area contributed by atoms with Gasteiger partial charge in [-0.2, -0.15) is 0 Å². The summed E-state index contributed by atoms with van der Waals surface area (Å²) in [5.41, 5.74) is 3.93. The maximum absolute atomic E-state index is 13.4. The summed E-state index contributed by atoms with van der Waals surface area (Å²) in [7, 11) is 1.60. The smallest absolute Gasteiger partial charge is 0.221 e. The second kappa shape index (κ2) is 11.0. The summed E-state index contributed by atoms with van der Waals surface area (Å²) in [6.07, 6.45) is 2.32. The van der Waals surface area contributed by atoms with Crippen LogP contribution in [0.25, 0.3) is 10.9 Å². The Bertz CT molecular complexity index is 1290. The fraction of sp³-hybridized carbons (Fsp3) is 0.222. The number of nitrogens with one attached hydrogen (secondary N) is 1. The van der Waals surface area contributed by atoms with Crippen LogP contribution in [0.2, 0.25) is 10.0 Å². The van der Waals surface area contributed by atoms with Crippen LogP contribution in [0.5, 0.6) is 0 Å². The molecule has 0 fully saturated rings. The lowest BCUT2D eigenvalue weighted by Gasteiger charge is -2.18. The normalized spacial score (nSPS) is 12.1. The topological polar surface area (TPSA) is 43.3 Å². The third-order valence-electron chi connectivity index (χ3n) is 5.82. The molecule has 1 N–H and O–H groups in total. The van der Waals surface area contributed by atoms with Gasteiger partial charge in [0.2, 0.25) is 5.91 Å². The molecule has 34 heavy (non-hydrogen) atoms. The standard InChI is InChI=1S/C27H25Cl2FN2O2/c1-34-13-12-31-27(33)15-22(19-8-11-24(28)25(29)14-19)23-17-32(26-5-3-2-4-21(23)26)16-18-6-9-20(30)10-7-18/h2-11,14,17,22H,12-13,15-16H2,1H3,(H,31,33). The van der Waals surface area contributed by atoms with Crippen LogP contribution in [0.4, 0.5) is 4.39 Å². The van der Waals surface area contributed by atoms with E-state index in [0.717, 1.165) is 27.6 Å². The zero-order valence-electron chi connectivity index (χ0n) is 18.7. The highest BCUT2D eigenvalue weighted by Crippen LogP contribution is 2.37. The van der Waals surface area contributed by atoms with E-state index in [0.29, 0.717) is 29.7 Å². The molecule has 7 heteroatoms. The SMILES string of the molecule is COCCNC(=O)CC(c1ccc(Cl)c(Cl)c1)c1cn(Cc2ccc(F)cc2)c2ccccc12. The molecule has 0 radical (unpaired) electrons. The second-order valence-electron chi connectivity index (χ2n) is 8.13. The number of rotatable bonds is 9. The van der Waals surface area contributed by atoms with Gasteiger partial charge in [-0.05, 0) is 47.0 Å². The number of benzene rings is 3. The van der Waals surface area contributed by atoms with Crippen molar-refractivity contribution in [3.05, 3.63) is 105 Å². The second-order valence-corrected chi connectivity index (χ2v) is 8.94. The summed E-state index contributed by atoms with van der Waals surface area (Å²) in [5, 5.41) is 4.87. The van der Waals surface area contributed by atoms with Crippen molar-refractivity contribution in [1.82, 2.24) is 9.88 Å². The van der Waals surface area contributed by atoms with E-state index in [1.807, 2.05) is 30.3 Å². The molecule has 0 saturated carbocycles. The number of halogens is 3. The average molecular weight is 499 g/mol. The van der Waals surface area contributed by atoms with Crippen molar-refractivity contribution in [2.24, 2.45) is 0 Å². The maximum Gasteiger partial charge on any atom is 0.221 e. The molecule has 176 valence electrons. The van der Waals surface area contributed by atoms with Crippen molar-refractivity contribution in [1.29, 1.82) is 0 Å². The monoisotopic (exact) mass is 498 g/mol. The molecule has 1 heterocycles. The van der Waals surface area contributed by atoms with E-state index in [1.54, 1.807) is 25.3 Å². The number of hydrogen-bond acceptors (Lipinski definition) is 2. The fourth-order valence-electron chi connectivity index (χ4n) is 4.16. The highest BCUT2D eigenvalue weighted by atomic mass is 35.5. The molecule has 0 bridgehead atoms. The van der Waals surface area contributed by atoms with Crippen molar-refractivity contribution in [3.63, 3.8) is 0 Å². The maximum atomic E-state index is 13.4. The van der Waals surface area contributed by atoms with Gasteiger partial charge >= 0.3 is 0 Å². The number of carbonyl (C=O) groups excluding carboxylic acids is 1. The predicted molar refractivity (Wildman–Crippen MR) is 135 cm³/mol. The number of ether oxygens (including phenoxy) is 1. The summed E-state index contributed by atoms with van der Waals surface area (Å²) in [6.45, 7) is 1.46. The first-order valence-electron chi connectivity index (χ1n) is 11.0. The van der Waals surface area contributed by atoms with Crippen LogP contribution in [0.1, 0.15) is 29.0 Å². The highest BCUT2D eigenvalue weighted by molar-refractivity contribution is 6.42. The summed E-state index contributed by atoms with van der Waals surface area (Å²) >= 11 is 12.5. The molecular weight excluding hydrogens is 474 g/mol. The Hall–Kier alpha value is -2.86. The first-order chi connectivity index (χ1) is 16.5. The Labute approximate surface area is 208 Å². The lowest BCUT2D eigenvalue weighted by atomic mass is 9.88. The molecule has 0 aliphatic heterocycles. The van der Waals surface area contributed by atoms with Gasteiger partial charge in [0, 0.05) is 49.6 Å². The minimum Gasteiger partial charge on any atom is -0.383 e. The fourth-order valence-corrected chi connectivity index (χ4v) is 4.46. The Morgan fingerprint density at radius 1 is 1.06 bits per heavy atom. The van der Waals surface area contributed by atoms with Gasteiger partial charge in [-0.3, -0.25) is 4.79 Å². The Morgan fingerprint density at radius 3 is 2.56 bits per heavy atom. The molecule has 4 aromatic rings. The van der Waals surface area contributed by atoms with E-state index in [4.69, 9.17) is 27.9 Å². The predicted octanol–water partition coefficient (Wildman–Crippen LogP) is 6.42. The molecule has 0 aliphatic rings. The van der Waals surface area contributed by atoms with E-state index in [2.05, 4.69) is 22.1 Å². The van der Waals surface area contributed by atoms with Crippen LogP contribution in [0.3, 0.4) is 0 Å². The molecule has 0 spiro atoms. The molecule has 3 aromatic carbocycles. The van der Waals surface area contributed by atoms with E-state index in [-0.39, 0.29) is 24.1 Å². The number of fused-ring (bicyclic) bond motifs is 1. The molecule has 1 atom stereocenters. The van der Waals surface area contributed by atoms with Crippen LogP contribution < -0.4 is 5.32 Å². The van der Waals surface area contributed by atoms with Crippen LogP contribution in [-0.4, -0.2) is 30.7 Å².